The standard InChI is InChI=1S/C22H18O4.C8H7FO.C6H6O2/c1-15(23)17-7-11-19(12-8-17)25-21-5-3-4-6-22(21)26-20-13-9-18(10-14-20)16(2)24;1-6(10)7-2-4-8(9)5-3-7;7-5-3-1-2-4-6(5)8/h3-14H,1-2H3;2-5H,1H3;1-4,7-8H. The van der Waals surface area contributed by atoms with Gasteiger partial charge in [-0.15, -0.1) is 0 Å². The van der Waals surface area contributed by atoms with E-state index in [1.807, 2.05) is 12.1 Å². The molecule has 5 aromatic carbocycles. The summed E-state index contributed by atoms with van der Waals surface area (Å²) < 4.78 is 24.0. The van der Waals surface area contributed by atoms with Crippen LogP contribution in [0.2, 0.25) is 0 Å². The van der Waals surface area contributed by atoms with Gasteiger partial charge in [-0.05, 0) is 118 Å². The molecule has 0 amide bonds. The number of carbonyl (C=O) groups excluding carboxylic acids is 3. The summed E-state index contributed by atoms with van der Waals surface area (Å²) in [6.07, 6.45) is 0. The molecule has 0 aromatic heterocycles. The molecule has 0 radical (unpaired) electrons. The van der Waals surface area contributed by atoms with Gasteiger partial charge in [0.2, 0.25) is 0 Å². The van der Waals surface area contributed by atoms with Crippen molar-refractivity contribution in [3.05, 3.63) is 144 Å². The molecular formula is C36H31FO7. The lowest BCUT2D eigenvalue weighted by Crippen LogP contribution is -1.94. The van der Waals surface area contributed by atoms with E-state index in [0.29, 0.717) is 39.7 Å². The third-order valence-electron chi connectivity index (χ3n) is 5.96. The Hall–Kier alpha value is -5.76. The summed E-state index contributed by atoms with van der Waals surface area (Å²) in [5, 5.41) is 17.3. The number of benzene rings is 5. The predicted octanol–water partition coefficient (Wildman–Crippen LogP) is 8.80. The molecule has 0 bridgehead atoms. The molecule has 2 N–H and O–H groups in total. The van der Waals surface area contributed by atoms with Crippen LogP contribution in [0.1, 0.15) is 51.8 Å². The zero-order chi connectivity index (χ0) is 32.1. The Kier molecular flexibility index (Phi) is 11.9. The molecule has 0 aliphatic carbocycles. The van der Waals surface area contributed by atoms with Crippen LogP contribution < -0.4 is 9.47 Å². The Balaban J connectivity index is 0.000000238. The first kappa shape index (κ1) is 32.8. The first-order valence-electron chi connectivity index (χ1n) is 13.4. The molecule has 0 atom stereocenters. The van der Waals surface area contributed by atoms with Crippen LogP contribution in [-0.2, 0) is 0 Å². The molecule has 224 valence electrons. The summed E-state index contributed by atoms with van der Waals surface area (Å²) in [6, 6.07) is 32.8. The van der Waals surface area contributed by atoms with E-state index in [2.05, 4.69) is 0 Å². The van der Waals surface area contributed by atoms with Crippen LogP contribution in [0, 0.1) is 5.82 Å². The van der Waals surface area contributed by atoms with Crippen molar-refractivity contribution in [1.29, 1.82) is 0 Å². The second-order valence-electron chi connectivity index (χ2n) is 9.36. The van der Waals surface area contributed by atoms with Crippen molar-refractivity contribution < 1.29 is 38.5 Å². The van der Waals surface area contributed by atoms with Gasteiger partial charge in [-0.1, -0.05) is 24.3 Å². The zero-order valence-corrected chi connectivity index (χ0v) is 24.4. The minimum atomic E-state index is -0.315. The van der Waals surface area contributed by atoms with Crippen molar-refractivity contribution in [2.75, 3.05) is 0 Å². The molecule has 44 heavy (non-hydrogen) atoms. The fourth-order valence-corrected chi connectivity index (χ4v) is 3.54. The second-order valence-corrected chi connectivity index (χ2v) is 9.36. The number of hydrogen-bond donors (Lipinski definition) is 2. The summed E-state index contributed by atoms with van der Waals surface area (Å²) in [5.41, 5.74) is 1.81. The van der Waals surface area contributed by atoms with Gasteiger partial charge in [-0.3, -0.25) is 14.4 Å². The van der Waals surface area contributed by atoms with Gasteiger partial charge in [-0.2, -0.15) is 0 Å². The number of carbonyl (C=O) groups is 3. The lowest BCUT2D eigenvalue weighted by atomic mass is 10.1. The summed E-state index contributed by atoms with van der Waals surface area (Å²) in [4.78, 5) is 33.3. The molecule has 0 aliphatic rings. The highest BCUT2D eigenvalue weighted by Crippen LogP contribution is 2.34. The first-order valence-corrected chi connectivity index (χ1v) is 13.4. The van der Waals surface area contributed by atoms with Crippen molar-refractivity contribution in [3.8, 4) is 34.5 Å². The third kappa shape index (κ3) is 10.3. The van der Waals surface area contributed by atoms with Crippen molar-refractivity contribution in [2.24, 2.45) is 0 Å². The van der Waals surface area contributed by atoms with E-state index in [1.54, 1.807) is 72.8 Å². The van der Waals surface area contributed by atoms with Crippen LogP contribution in [0.4, 0.5) is 4.39 Å². The number of halogens is 1. The van der Waals surface area contributed by atoms with Crippen LogP contribution in [-0.4, -0.2) is 27.6 Å². The van der Waals surface area contributed by atoms with E-state index in [-0.39, 0.29) is 34.7 Å². The fraction of sp³-hybridized carbons (Fsp3) is 0.0833. The van der Waals surface area contributed by atoms with Gasteiger partial charge in [0.05, 0.1) is 0 Å². The van der Waals surface area contributed by atoms with Crippen LogP contribution in [0.25, 0.3) is 0 Å². The molecule has 0 aliphatic heterocycles. The topological polar surface area (TPSA) is 110 Å². The molecule has 0 saturated heterocycles. The molecular weight excluding hydrogens is 563 g/mol. The number of ketones is 3. The predicted molar refractivity (Wildman–Crippen MR) is 166 cm³/mol. The van der Waals surface area contributed by atoms with Gasteiger partial charge in [0.25, 0.3) is 0 Å². The minimum Gasteiger partial charge on any atom is -0.504 e. The average Bonchev–Trinajstić information content (AvgIpc) is 3.01. The summed E-state index contributed by atoms with van der Waals surface area (Å²) in [7, 11) is 0. The van der Waals surface area contributed by atoms with E-state index >= 15 is 0 Å². The second kappa shape index (κ2) is 16.0. The number of para-hydroxylation sites is 4. The quantitative estimate of drug-likeness (QED) is 0.143. The fourth-order valence-electron chi connectivity index (χ4n) is 3.54. The van der Waals surface area contributed by atoms with Crippen LogP contribution in [0.5, 0.6) is 34.5 Å². The number of ether oxygens (including phenoxy) is 2. The van der Waals surface area contributed by atoms with Crippen molar-refractivity contribution >= 4 is 17.3 Å². The number of phenolic OH excluding ortho intramolecular Hbond substituents is 2. The van der Waals surface area contributed by atoms with E-state index < -0.39 is 0 Å². The molecule has 0 spiro atoms. The molecule has 0 saturated carbocycles. The van der Waals surface area contributed by atoms with E-state index in [1.165, 1.54) is 57.2 Å². The van der Waals surface area contributed by atoms with Crippen LogP contribution in [0.15, 0.2) is 121 Å². The first-order chi connectivity index (χ1) is 21.0. The van der Waals surface area contributed by atoms with Gasteiger partial charge in [-0.25, -0.2) is 4.39 Å². The van der Waals surface area contributed by atoms with Crippen LogP contribution in [0.3, 0.4) is 0 Å². The Morgan fingerprint density at radius 2 is 0.773 bits per heavy atom. The van der Waals surface area contributed by atoms with Gasteiger partial charge in [0.1, 0.15) is 17.3 Å². The highest BCUT2D eigenvalue weighted by Gasteiger charge is 2.09. The molecule has 0 fully saturated rings. The SMILES string of the molecule is CC(=O)c1ccc(F)cc1.CC(=O)c1ccc(Oc2ccccc2Oc2ccc(C(C)=O)cc2)cc1.Oc1ccccc1O. The number of aromatic hydroxyl groups is 2. The maximum atomic E-state index is 12.2. The zero-order valence-electron chi connectivity index (χ0n) is 24.4. The maximum absolute atomic E-state index is 12.2. The minimum absolute atomic E-state index is 0.00860. The van der Waals surface area contributed by atoms with Gasteiger partial charge in [0.15, 0.2) is 40.3 Å². The normalized spacial score (nSPS) is 9.82. The van der Waals surface area contributed by atoms with E-state index in [4.69, 9.17) is 19.7 Å². The molecule has 8 heteroatoms. The monoisotopic (exact) mass is 594 g/mol. The molecule has 5 rings (SSSR count). The molecule has 0 unspecified atom stereocenters. The molecule has 0 heterocycles. The molecule has 7 nitrogen and oxygen atoms in total. The van der Waals surface area contributed by atoms with Gasteiger partial charge in [0, 0.05) is 16.7 Å². The Morgan fingerprint density at radius 3 is 1.07 bits per heavy atom. The maximum Gasteiger partial charge on any atom is 0.169 e. The number of Topliss-reactive ketones (excluding diaryl/α,β-unsaturated/α-hetero) is 3. The smallest absolute Gasteiger partial charge is 0.169 e. The van der Waals surface area contributed by atoms with Crippen LogP contribution >= 0.6 is 0 Å². The Morgan fingerprint density at radius 1 is 0.477 bits per heavy atom. The number of rotatable bonds is 7. The van der Waals surface area contributed by atoms with Gasteiger partial charge < -0.3 is 19.7 Å². The average molecular weight is 595 g/mol. The van der Waals surface area contributed by atoms with E-state index in [0.717, 1.165) is 0 Å². The number of phenols is 2. The molecule has 5 aromatic rings. The Bertz CT molecular complexity index is 1600. The Labute approximate surface area is 254 Å². The lowest BCUT2D eigenvalue weighted by molar-refractivity contribution is 0.100. The lowest BCUT2D eigenvalue weighted by Gasteiger charge is -2.12. The third-order valence-corrected chi connectivity index (χ3v) is 5.96. The summed E-state index contributed by atoms with van der Waals surface area (Å²) >= 11 is 0. The largest absolute Gasteiger partial charge is 0.504 e. The van der Waals surface area contributed by atoms with Gasteiger partial charge >= 0.3 is 0 Å². The summed E-state index contributed by atoms with van der Waals surface area (Å²) in [5.74, 6) is 1.84. The van der Waals surface area contributed by atoms with Crippen molar-refractivity contribution in [2.45, 2.75) is 20.8 Å². The van der Waals surface area contributed by atoms with E-state index in [9.17, 15) is 18.8 Å². The summed E-state index contributed by atoms with van der Waals surface area (Å²) in [6.45, 7) is 4.50. The highest BCUT2D eigenvalue weighted by atomic mass is 19.1. The highest BCUT2D eigenvalue weighted by molar-refractivity contribution is 5.95. The number of hydrogen-bond acceptors (Lipinski definition) is 7. The van der Waals surface area contributed by atoms with Crippen molar-refractivity contribution in [1.82, 2.24) is 0 Å². The van der Waals surface area contributed by atoms with Crippen molar-refractivity contribution in [3.63, 3.8) is 0 Å².